The minimum atomic E-state index is -2.46. The molecule has 1 aliphatic rings. The Morgan fingerprint density at radius 3 is 2.53 bits per heavy atom. The van der Waals surface area contributed by atoms with Crippen LogP contribution in [0.1, 0.15) is 32.1 Å². The Morgan fingerprint density at radius 2 is 2.00 bits per heavy atom. The highest BCUT2D eigenvalue weighted by atomic mass is 35.5. The SMILES string of the molecule is CN(CC(F)F)C(=O)CC1CCCCC1N.Cl. The van der Waals surface area contributed by atoms with Crippen molar-refractivity contribution in [3.63, 3.8) is 0 Å². The lowest BCUT2D eigenvalue weighted by Crippen LogP contribution is -2.38. The van der Waals surface area contributed by atoms with Crippen LogP contribution in [-0.4, -0.2) is 36.9 Å². The van der Waals surface area contributed by atoms with Gasteiger partial charge in [-0.2, -0.15) is 0 Å². The summed E-state index contributed by atoms with van der Waals surface area (Å²) in [6.07, 6.45) is 1.92. The first kappa shape index (κ1) is 16.6. The van der Waals surface area contributed by atoms with Gasteiger partial charge in [0.2, 0.25) is 5.91 Å². The second-order valence-corrected chi connectivity index (χ2v) is 4.58. The molecule has 1 fully saturated rings. The highest BCUT2D eigenvalue weighted by Gasteiger charge is 2.25. The topological polar surface area (TPSA) is 46.3 Å². The van der Waals surface area contributed by atoms with E-state index < -0.39 is 13.0 Å². The molecule has 0 heterocycles. The number of halogens is 3. The van der Waals surface area contributed by atoms with Gasteiger partial charge in [-0.15, -0.1) is 12.4 Å². The number of carbonyl (C=O) groups excluding carboxylic acids is 1. The molecule has 1 amide bonds. The number of alkyl halides is 2. The number of amides is 1. The van der Waals surface area contributed by atoms with E-state index in [9.17, 15) is 13.6 Å². The maximum Gasteiger partial charge on any atom is 0.255 e. The molecule has 3 nitrogen and oxygen atoms in total. The molecule has 1 aliphatic carbocycles. The number of carbonyl (C=O) groups is 1. The molecule has 6 heteroatoms. The molecule has 0 bridgehead atoms. The molecule has 0 aromatic carbocycles. The van der Waals surface area contributed by atoms with Crippen LogP contribution in [0, 0.1) is 5.92 Å². The van der Waals surface area contributed by atoms with Gasteiger partial charge < -0.3 is 10.6 Å². The Bertz CT molecular complexity index is 242. The zero-order valence-corrected chi connectivity index (χ0v) is 10.9. The summed E-state index contributed by atoms with van der Waals surface area (Å²) in [5, 5.41) is 0. The van der Waals surface area contributed by atoms with Crippen LogP contribution >= 0.6 is 12.4 Å². The molecule has 0 saturated heterocycles. The van der Waals surface area contributed by atoms with E-state index in [-0.39, 0.29) is 30.3 Å². The van der Waals surface area contributed by atoms with Gasteiger partial charge in [0.05, 0.1) is 6.54 Å². The van der Waals surface area contributed by atoms with Gasteiger partial charge in [0.25, 0.3) is 6.43 Å². The Labute approximate surface area is 107 Å². The fourth-order valence-electron chi connectivity index (χ4n) is 2.18. The van der Waals surface area contributed by atoms with Crippen molar-refractivity contribution in [2.75, 3.05) is 13.6 Å². The van der Waals surface area contributed by atoms with Crippen molar-refractivity contribution < 1.29 is 13.6 Å². The fraction of sp³-hybridized carbons (Fsp3) is 0.909. The summed E-state index contributed by atoms with van der Waals surface area (Å²) in [6.45, 7) is -0.485. The zero-order valence-electron chi connectivity index (χ0n) is 10.1. The van der Waals surface area contributed by atoms with Crippen molar-refractivity contribution in [3.05, 3.63) is 0 Å². The predicted molar refractivity (Wildman–Crippen MR) is 65.4 cm³/mol. The molecule has 102 valence electrons. The minimum absolute atomic E-state index is 0. The van der Waals surface area contributed by atoms with E-state index in [1.54, 1.807) is 0 Å². The zero-order chi connectivity index (χ0) is 12.1. The Morgan fingerprint density at radius 1 is 1.41 bits per heavy atom. The normalized spacial score (nSPS) is 24.3. The highest BCUT2D eigenvalue weighted by Crippen LogP contribution is 2.26. The van der Waals surface area contributed by atoms with Gasteiger partial charge in [-0.1, -0.05) is 12.8 Å². The summed E-state index contributed by atoms with van der Waals surface area (Å²) in [4.78, 5) is 12.7. The van der Waals surface area contributed by atoms with Gasteiger partial charge in [-0.05, 0) is 18.8 Å². The van der Waals surface area contributed by atoms with Crippen LogP contribution < -0.4 is 5.73 Å². The first-order valence-corrected chi connectivity index (χ1v) is 5.78. The molecule has 1 saturated carbocycles. The quantitative estimate of drug-likeness (QED) is 0.850. The molecule has 0 radical (unpaired) electrons. The summed E-state index contributed by atoms with van der Waals surface area (Å²) >= 11 is 0. The fourth-order valence-corrected chi connectivity index (χ4v) is 2.18. The third-order valence-electron chi connectivity index (χ3n) is 3.24. The predicted octanol–water partition coefficient (Wildman–Crippen LogP) is 2.04. The van der Waals surface area contributed by atoms with Crippen LogP contribution in [0.3, 0.4) is 0 Å². The standard InChI is InChI=1S/C11H20F2N2O.ClH/c1-15(7-10(12)13)11(16)6-8-4-2-3-5-9(8)14;/h8-10H,2-7,14H2,1H3;1H. The smallest absolute Gasteiger partial charge is 0.255 e. The van der Waals surface area contributed by atoms with Crippen molar-refractivity contribution in [3.8, 4) is 0 Å². The summed E-state index contributed by atoms with van der Waals surface area (Å²) in [6, 6.07) is 0.0534. The monoisotopic (exact) mass is 270 g/mol. The van der Waals surface area contributed by atoms with E-state index in [1.165, 1.54) is 7.05 Å². The molecule has 0 aromatic heterocycles. The molecule has 2 atom stereocenters. The molecule has 2 unspecified atom stereocenters. The van der Waals surface area contributed by atoms with E-state index in [0.717, 1.165) is 30.6 Å². The summed E-state index contributed by atoms with van der Waals surface area (Å²) in [5.41, 5.74) is 5.91. The van der Waals surface area contributed by atoms with E-state index >= 15 is 0 Å². The van der Waals surface area contributed by atoms with Gasteiger partial charge in [-0.25, -0.2) is 8.78 Å². The molecule has 0 spiro atoms. The van der Waals surface area contributed by atoms with E-state index in [4.69, 9.17) is 5.73 Å². The molecular formula is C11H21ClF2N2O. The van der Waals surface area contributed by atoms with Gasteiger partial charge in [-0.3, -0.25) is 4.79 Å². The Balaban J connectivity index is 0.00000256. The Kier molecular flexibility index (Phi) is 7.63. The van der Waals surface area contributed by atoms with Crippen molar-refractivity contribution >= 4 is 18.3 Å². The van der Waals surface area contributed by atoms with Crippen LogP contribution in [0.5, 0.6) is 0 Å². The largest absolute Gasteiger partial charge is 0.340 e. The molecule has 17 heavy (non-hydrogen) atoms. The van der Waals surface area contributed by atoms with Gasteiger partial charge in [0, 0.05) is 19.5 Å². The molecular weight excluding hydrogens is 250 g/mol. The van der Waals surface area contributed by atoms with Crippen LogP contribution in [0.15, 0.2) is 0 Å². The van der Waals surface area contributed by atoms with Crippen LogP contribution in [0.2, 0.25) is 0 Å². The average molecular weight is 271 g/mol. The van der Waals surface area contributed by atoms with E-state index in [2.05, 4.69) is 0 Å². The lowest BCUT2D eigenvalue weighted by atomic mass is 9.83. The maximum atomic E-state index is 12.1. The molecule has 2 N–H and O–H groups in total. The van der Waals surface area contributed by atoms with Crippen molar-refractivity contribution in [1.29, 1.82) is 0 Å². The third kappa shape index (κ3) is 5.64. The number of rotatable bonds is 4. The van der Waals surface area contributed by atoms with Crippen molar-refractivity contribution in [2.24, 2.45) is 11.7 Å². The summed E-state index contributed by atoms with van der Waals surface area (Å²) in [7, 11) is 1.42. The van der Waals surface area contributed by atoms with Crippen molar-refractivity contribution in [2.45, 2.75) is 44.6 Å². The molecule has 0 aromatic rings. The number of hydrogen-bond acceptors (Lipinski definition) is 2. The minimum Gasteiger partial charge on any atom is -0.340 e. The van der Waals surface area contributed by atoms with E-state index in [0.29, 0.717) is 6.42 Å². The third-order valence-corrected chi connectivity index (χ3v) is 3.24. The second-order valence-electron chi connectivity index (χ2n) is 4.58. The molecule has 1 rings (SSSR count). The lowest BCUT2D eigenvalue weighted by Gasteiger charge is -2.29. The van der Waals surface area contributed by atoms with Crippen LogP contribution in [0.4, 0.5) is 8.78 Å². The highest BCUT2D eigenvalue weighted by molar-refractivity contribution is 5.85. The summed E-state index contributed by atoms with van der Waals surface area (Å²) < 4.78 is 24.2. The number of hydrogen-bond donors (Lipinski definition) is 1. The average Bonchev–Trinajstić information content (AvgIpc) is 2.20. The van der Waals surface area contributed by atoms with E-state index in [1.807, 2.05) is 0 Å². The lowest BCUT2D eigenvalue weighted by molar-refractivity contribution is -0.133. The summed E-state index contributed by atoms with van der Waals surface area (Å²) in [5.74, 6) is -0.0518. The number of nitrogens with two attached hydrogens (primary N) is 1. The molecule has 0 aliphatic heterocycles. The Hall–Kier alpha value is -0.420. The number of nitrogens with zero attached hydrogens (tertiary/aromatic N) is 1. The van der Waals surface area contributed by atoms with Gasteiger partial charge >= 0.3 is 0 Å². The first-order chi connectivity index (χ1) is 7.50. The van der Waals surface area contributed by atoms with Crippen LogP contribution in [0.25, 0.3) is 0 Å². The van der Waals surface area contributed by atoms with Crippen molar-refractivity contribution in [1.82, 2.24) is 4.90 Å². The van der Waals surface area contributed by atoms with Gasteiger partial charge in [0.1, 0.15) is 0 Å². The second kappa shape index (κ2) is 7.82. The van der Waals surface area contributed by atoms with Crippen LogP contribution in [-0.2, 0) is 4.79 Å². The first-order valence-electron chi connectivity index (χ1n) is 5.78. The van der Waals surface area contributed by atoms with Gasteiger partial charge in [0.15, 0.2) is 0 Å². The maximum absolute atomic E-state index is 12.1.